The van der Waals surface area contributed by atoms with Gasteiger partial charge in [-0.25, -0.2) is 9.78 Å². The van der Waals surface area contributed by atoms with Crippen molar-refractivity contribution in [3.8, 4) is 0 Å². The number of rotatable bonds is 3. The number of benzene rings is 1. The molecule has 4 heteroatoms. The average molecular weight is 284 g/mol. The Balaban J connectivity index is 2.00. The van der Waals surface area contributed by atoms with Gasteiger partial charge >= 0.3 is 5.97 Å². The van der Waals surface area contributed by atoms with E-state index >= 15 is 0 Å². The zero-order valence-corrected chi connectivity index (χ0v) is 12.3. The number of carbonyl (C=O) groups is 1. The molecule has 1 unspecified atom stereocenters. The Bertz CT molecular complexity index is 636. The number of carbonyl (C=O) groups excluding carboxylic acids is 1. The Morgan fingerprint density at radius 2 is 2.19 bits per heavy atom. The number of pyridine rings is 1. The fraction of sp³-hybridized carbons (Fsp3) is 0.412. The van der Waals surface area contributed by atoms with Gasteiger partial charge in [-0.2, -0.15) is 0 Å². The minimum Gasteiger partial charge on any atom is -0.464 e. The van der Waals surface area contributed by atoms with Crippen LogP contribution in [-0.4, -0.2) is 30.1 Å². The van der Waals surface area contributed by atoms with E-state index in [1.54, 1.807) is 0 Å². The number of aromatic nitrogens is 1. The Morgan fingerprint density at radius 1 is 1.33 bits per heavy atom. The first-order valence-electron chi connectivity index (χ1n) is 7.58. The quantitative estimate of drug-likeness (QED) is 0.812. The average Bonchev–Trinajstić information content (AvgIpc) is 2.54. The normalized spacial score (nSPS) is 18.7. The lowest BCUT2D eigenvalue weighted by atomic mass is 10.0. The predicted molar refractivity (Wildman–Crippen MR) is 83.4 cm³/mol. The van der Waals surface area contributed by atoms with Gasteiger partial charge in [0.1, 0.15) is 11.9 Å². The molecule has 1 aromatic carbocycles. The lowest BCUT2D eigenvalue weighted by Crippen LogP contribution is -2.46. The smallest absolute Gasteiger partial charge is 0.328 e. The summed E-state index contributed by atoms with van der Waals surface area (Å²) < 4.78 is 5.24. The molecule has 4 nitrogen and oxygen atoms in total. The van der Waals surface area contributed by atoms with Gasteiger partial charge in [-0.15, -0.1) is 0 Å². The van der Waals surface area contributed by atoms with Crippen molar-refractivity contribution in [2.24, 2.45) is 0 Å². The zero-order chi connectivity index (χ0) is 14.7. The third-order valence-corrected chi connectivity index (χ3v) is 3.99. The molecule has 2 aromatic rings. The molecule has 1 atom stereocenters. The summed E-state index contributed by atoms with van der Waals surface area (Å²) in [5, 5.41) is 2.24. The molecule has 0 N–H and O–H groups in total. The summed E-state index contributed by atoms with van der Waals surface area (Å²) in [5.41, 5.74) is 0. The SMILES string of the molecule is CCOC(=O)C1CCCCN1c1nccc2ccccc12. The highest BCUT2D eigenvalue weighted by Gasteiger charge is 2.31. The number of hydrogen-bond acceptors (Lipinski definition) is 4. The minimum atomic E-state index is -0.211. The molecule has 0 amide bonds. The van der Waals surface area contributed by atoms with Crippen molar-refractivity contribution in [1.82, 2.24) is 4.98 Å². The standard InChI is InChI=1S/C17H20N2O2/c1-2-21-17(20)15-9-5-6-12-19(15)16-14-8-4-3-7-13(14)10-11-18-16/h3-4,7-8,10-11,15H,2,5-6,9,12H2,1H3. The van der Waals surface area contributed by atoms with Gasteiger partial charge in [-0.05, 0) is 37.6 Å². The summed E-state index contributed by atoms with van der Waals surface area (Å²) >= 11 is 0. The first-order chi connectivity index (χ1) is 10.3. The Morgan fingerprint density at radius 3 is 3.05 bits per heavy atom. The topological polar surface area (TPSA) is 42.4 Å². The van der Waals surface area contributed by atoms with Crippen molar-refractivity contribution in [3.63, 3.8) is 0 Å². The van der Waals surface area contributed by atoms with E-state index in [1.807, 2.05) is 31.3 Å². The summed E-state index contributed by atoms with van der Waals surface area (Å²) in [4.78, 5) is 18.9. The second kappa shape index (κ2) is 6.12. The molecule has 0 bridgehead atoms. The van der Waals surface area contributed by atoms with Crippen LogP contribution in [0.5, 0.6) is 0 Å². The summed E-state index contributed by atoms with van der Waals surface area (Å²) in [6.45, 7) is 3.12. The van der Waals surface area contributed by atoms with E-state index in [0.29, 0.717) is 6.61 Å². The lowest BCUT2D eigenvalue weighted by molar-refractivity contribution is -0.145. The third-order valence-electron chi connectivity index (χ3n) is 3.99. The van der Waals surface area contributed by atoms with Crippen LogP contribution in [0.1, 0.15) is 26.2 Å². The van der Waals surface area contributed by atoms with Gasteiger partial charge in [0.2, 0.25) is 0 Å². The van der Waals surface area contributed by atoms with Crippen LogP contribution < -0.4 is 4.90 Å². The Kier molecular flexibility index (Phi) is 4.04. The van der Waals surface area contributed by atoms with Crippen LogP contribution in [0.3, 0.4) is 0 Å². The fourth-order valence-electron chi connectivity index (χ4n) is 3.00. The second-order valence-corrected chi connectivity index (χ2v) is 5.31. The van der Waals surface area contributed by atoms with Gasteiger partial charge in [0.15, 0.2) is 0 Å². The van der Waals surface area contributed by atoms with Crippen molar-refractivity contribution in [2.75, 3.05) is 18.1 Å². The third kappa shape index (κ3) is 2.71. The van der Waals surface area contributed by atoms with Crippen molar-refractivity contribution >= 4 is 22.6 Å². The predicted octanol–water partition coefficient (Wildman–Crippen LogP) is 3.16. The lowest BCUT2D eigenvalue weighted by Gasteiger charge is -2.35. The molecule has 1 aromatic heterocycles. The van der Waals surface area contributed by atoms with Crippen LogP contribution in [0, 0.1) is 0 Å². The molecular weight excluding hydrogens is 264 g/mol. The van der Waals surface area contributed by atoms with E-state index in [9.17, 15) is 4.79 Å². The van der Waals surface area contributed by atoms with Crippen LogP contribution in [0.25, 0.3) is 10.8 Å². The van der Waals surface area contributed by atoms with E-state index in [4.69, 9.17) is 4.74 Å². The number of nitrogens with zero attached hydrogens (tertiary/aromatic N) is 2. The van der Waals surface area contributed by atoms with Crippen LogP contribution in [-0.2, 0) is 9.53 Å². The molecule has 1 aliphatic rings. The first kappa shape index (κ1) is 13.9. The number of anilines is 1. The second-order valence-electron chi connectivity index (χ2n) is 5.31. The van der Waals surface area contributed by atoms with E-state index in [0.717, 1.165) is 42.4 Å². The molecule has 1 aliphatic heterocycles. The molecule has 1 saturated heterocycles. The highest BCUT2D eigenvalue weighted by molar-refractivity contribution is 5.94. The van der Waals surface area contributed by atoms with Gasteiger partial charge in [-0.1, -0.05) is 24.3 Å². The van der Waals surface area contributed by atoms with Crippen molar-refractivity contribution in [1.29, 1.82) is 0 Å². The molecule has 0 saturated carbocycles. The van der Waals surface area contributed by atoms with Gasteiger partial charge in [0.25, 0.3) is 0 Å². The molecule has 0 spiro atoms. The van der Waals surface area contributed by atoms with Crippen LogP contribution in [0.2, 0.25) is 0 Å². The number of ether oxygens (including phenoxy) is 1. The van der Waals surface area contributed by atoms with Gasteiger partial charge in [0.05, 0.1) is 6.61 Å². The van der Waals surface area contributed by atoms with Crippen LogP contribution in [0.15, 0.2) is 36.5 Å². The Labute approximate surface area is 124 Å². The molecule has 3 rings (SSSR count). The zero-order valence-electron chi connectivity index (χ0n) is 12.3. The van der Waals surface area contributed by atoms with Crippen LogP contribution >= 0.6 is 0 Å². The molecular formula is C17H20N2O2. The number of hydrogen-bond donors (Lipinski definition) is 0. The fourth-order valence-corrected chi connectivity index (χ4v) is 3.00. The van der Waals surface area contributed by atoms with Gasteiger partial charge in [0, 0.05) is 18.1 Å². The molecule has 2 heterocycles. The summed E-state index contributed by atoms with van der Waals surface area (Å²) in [6.07, 6.45) is 4.80. The van der Waals surface area contributed by atoms with Gasteiger partial charge < -0.3 is 9.64 Å². The van der Waals surface area contributed by atoms with Gasteiger partial charge in [-0.3, -0.25) is 0 Å². The maximum Gasteiger partial charge on any atom is 0.328 e. The van der Waals surface area contributed by atoms with Crippen molar-refractivity contribution in [2.45, 2.75) is 32.2 Å². The summed E-state index contributed by atoms with van der Waals surface area (Å²) in [7, 11) is 0. The molecule has 0 radical (unpaired) electrons. The monoisotopic (exact) mass is 284 g/mol. The minimum absolute atomic E-state index is 0.132. The van der Waals surface area contributed by atoms with E-state index in [2.05, 4.69) is 22.0 Å². The summed E-state index contributed by atoms with van der Waals surface area (Å²) in [6, 6.07) is 9.96. The Hall–Kier alpha value is -2.10. The molecule has 110 valence electrons. The molecule has 1 fully saturated rings. The largest absolute Gasteiger partial charge is 0.464 e. The molecule has 0 aliphatic carbocycles. The van der Waals surface area contributed by atoms with Crippen molar-refractivity contribution < 1.29 is 9.53 Å². The first-order valence-corrected chi connectivity index (χ1v) is 7.58. The maximum absolute atomic E-state index is 12.2. The van der Waals surface area contributed by atoms with E-state index in [-0.39, 0.29) is 12.0 Å². The molecule has 21 heavy (non-hydrogen) atoms. The number of fused-ring (bicyclic) bond motifs is 1. The highest BCUT2D eigenvalue weighted by Crippen LogP contribution is 2.30. The number of esters is 1. The summed E-state index contributed by atoms with van der Waals surface area (Å²) in [5.74, 6) is 0.762. The maximum atomic E-state index is 12.2. The van der Waals surface area contributed by atoms with E-state index in [1.165, 1.54) is 0 Å². The van der Waals surface area contributed by atoms with Crippen LogP contribution in [0.4, 0.5) is 5.82 Å². The highest BCUT2D eigenvalue weighted by atomic mass is 16.5. The van der Waals surface area contributed by atoms with Crippen molar-refractivity contribution in [3.05, 3.63) is 36.5 Å². The van der Waals surface area contributed by atoms with E-state index < -0.39 is 0 Å². The number of piperidine rings is 1.